The summed E-state index contributed by atoms with van der Waals surface area (Å²) in [5.41, 5.74) is 4.33. The van der Waals surface area contributed by atoms with Crippen molar-refractivity contribution in [2.45, 2.75) is 45.9 Å². The summed E-state index contributed by atoms with van der Waals surface area (Å²) in [5, 5.41) is 0. The molecule has 2 heterocycles. The van der Waals surface area contributed by atoms with Crippen molar-refractivity contribution in [2.24, 2.45) is 0 Å². The first-order valence-corrected chi connectivity index (χ1v) is 12.1. The van der Waals surface area contributed by atoms with Crippen LogP contribution in [0.15, 0.2) is 79.0 Å². The van der Waals surface area contributed by atoms with Crippen LogP contribution in [-0.2, 0) is 26.2 Å². The zero-order chi connectivity index (χ0) is 24.0. The fraction of sp³-hybridized carbons (Fsp3) is 0.276. The van der Waals surface area contributed by atoms with Gasteiger partial charge in [-0.15, -0.1) is 0 Å². The SMILES string of the molecule is CCCCn1c(CN(Cc2ccccc2)Cc2ccc3c(c2)OCO3)cnc1-c1cccc(F)c1. The molecule has 0 radical (unpaired) electrons. The number of hydrogen-bond acceptors (Lipinski definition) is 4. The van der Waals surface area contributed by atoms with Crippen molar-refractivity contribution < 1.29 is 13.9 Å². The van der Waals surface area contributed by atoms with Gasteiger partial charge in [0.25, 0.3) is 0 Å². The third-order valence-electron chi connectivity index (χ3n) is 6.23. The Balaban J connectivity index is 1.45. The maximum Gasteiger partial charge on any atom is 0.231 e. The number of unbranched alkanes of at least 4 members (excludes halogenated alkanes) is 1. The Bertz CT molecular complexity index is 1270. The van der Waals surface area contributed by atoms with E-state index < -0.39 is 0 Å². The molecule has 0 atom stereocenters. The van der Waals surface area contributed by atoms with E-state index in [9.17, 15) is 4.39 Å². The van der Waals surface area contributed by atoms with Crippen LogP contribution >= 0.6 is 0 Å². The van der Waals surface area contributed by atoms with Gasteiger partial charge >= 0.3 is 0 Å². The van der Waals surface area contributed by atoms with Crippen LogP contribution in [0.25, 0.3) is 11.4 Å². The summed E-state index contributed by atoms with van der Waals surface area (Å²) in [6, 6.07) is 23.3. The summed E-state index contributed by atoms with van der Waals surface area (Å²) in [5.74, 6) is 2.16. The molecule has 0 fully saturated rings. The molecule has 0 saturated carbocycles. The molecule has 0 saturated heterocycles. The highest BCUT2D eigenvalue weighted by molar-refractivity contribution is 5.56. The standard InChI is InChI=1S/C29H30FN3O2/c1-2-3-14-33-26(17-31-29(33)24-10-7-11-25(30)16-24)20-32(18-22-8-5-4-6-9-22)19-23-12-13-27-28(15-23)35-21-34-27/h4-13,15-17H,2-3,14,18-21H2,1H3. The van der Waals surface area contributed by atoms with E-state index in [0.717, 1.165) is 73.2 Å². The van der Waals surface area contributed by atoms with Gasteiger partial charge in [-0.1, -0.05) is 61.9 Å². The number of benzene rings is 3. The van der Waals surface area contributed by atoms with Gasteiger partial charge in [-0.05, 0) is 41.8 Å². The van der Waals surface area contributed by atoms with Crippen LogP contribution in [0.3, 0.4) is 0 Å². The summed E-state index contributed by atoms with van der Waals surface area (Å²) < 4.78 is 27.3. The highest BCUT2D eigenvalue weighted by Crippen LogP contribution is 2.33. The Morgan fingerprint density at radius 1 is 0.886 bits per heavy atom. The molecule has 0 spiro atoms. The number of aromatic nitrogens is 2. The van der Waals surface area contributed by atoms with Crippen molar-refractivity contribution >= 4 is 0 Å². The van der Waals surface area contributed by atoms with Crippen molar-refractivity contribution in [1.82, 2.24) is 14.5 Å². The molecule has 1 aliphatic heterocycles. The highest BCUT2D eigenvalue weighted by Gasteiger charge is 2.18. The minimum Gasteiger partial charge on any atom is -0.454 e. The third kappa shape index (κ3) is 5.54. The van der Waals surface area contributed by atoms with Gasteiger partial charge in [-0.2, -0.15) is 0 Å². The minimum atomic E-state index is -0.248. The summed E-state index contributed by atoms with van der Waals surface area (Å²) in [4.78, 5) is 7.13. The van der Waals surface area contributed by atoms with Gasteiger partial charge in [0.1, 0.15) is 11.6 Å². The third-order valence-corrected chi connectivity index (χ3v) is 6.23. The molecular weight excluding hydrogens is 441 g/mol. The Morgan fingerprint density at radius 3 is 2.54 bits per heavy atom. The second-order valence-electron chi connectivity index (χ2n) is 8.91. The molecule has 6 heteroatoms. The van der Waals surface area contributed by atoms with Gasteiger partial charge in [0.2, 0.25) is 6.79 Å². The van der Waals surface area contributed by atoms with Gasteiger partial charge in [-0.25, -0.2) is 9.37 Å². The molecule has 3 aromatic carbocycles. The van der Waals surface area contributed by atoms with Crippen molar-refractivity contribution in [3.8, 4) is 22.9 Å². The fourth-order valence-corrected chi connectivity index (χ4v) is 4.50. The van der Waals surface area contributed by atoms with E-state index in [4.69, 9.17) is 14.5 Å². The van der Waals surface area contributed by atoms with Crippen LogP contribution in [-0.4, -0.2) is 21.2 Å². The van der Waals surface area contributed by atoms with E-state index in [1.165, 1.54) is 11.6 Å². The van der Waals surface area contributed by atoms with Gasteiger partial charge in [-0.3, -0.25) is 4.90 Å². The number of halogens is 1. The molecule has 180 valence electrons. The average Bonchev–Trinajstić information content (AvgIpc) is 3.50. The number of hydrogen-bond donors (Lipinski definition) is 0. The average molecular weight is 472 g/mol. The molecule has 0 N–H and O–H groups in total. The number of rotatable bonds is 10. The first-order valence-electron chi connectivity index (χ1n) is 12.1. The first kappa shape index (κ1) is 23.1. The van der Waals surface area contributed by atoms with Gasteiger partial charge in [0.15, 0.2) is 11.5 Å². The molecule has 0 amide bonds. The summed E-state index contributed by atoms with van der Waals surface area (Å²) in [7, 11) is 0. The molecule has 1 aliphatic rings. The molecule has 4 aromatic rings. The Hall–Kier alpha value is -3.64. The summed E-state index contributed by atoms with van der Waals surface area (Å²) in [6.45, 7) is 5.56. The first-order chi connectivity index (χ1) is 17.2. The number of nitrogens with zero attached hydrogens (tertiary/aromatic N) is 3. The van der Waals surface area contributed by atoms with Crippen molar-refractivity contribution in [3.63, 3.8) is 0 Å². The van der Waals surface area contributed by atoms with E-state index in [-0.39, 0.29) is 12.6 Å². The van der Waals surface area contributed by atoms with Gasteiger partial charge < -0.3 is 14.0 Å². The largest absolute Gasteiger partial charge is 0.454 e. The van der Waals surface area contributed by atoms with E-state index >= 15 is 0 Å². The van der Waals surface area contributed by atoms with Crippen molar-refractivity contribution in [2.75, 3.05) is 6.79 Å². The molecule has 5 rings (SSSR count). The lowest BCUT2D eigenvalue weighted by atomic mass is 10.1. The fourth-order valence-electron chi connectivity index (χ4n) is 4.50. The zero-order valence-electron chi connectivity index (χ0n) is 20.0. The monoisotopic (exact) mass is 471 g/mol. The maximum atomic E-state index is 14.0. The number of ether oxygens (including phenoxy) is 2. The normalized spacial score (nSPS) is 12.4. The number of imidazole rings is 1. The maximum absolute atomic E-state index is 14.0. The number of fused-ring (bicyclic) bond motifs is 1. The Labute approximate surface area is 205 Å². The predicted octanol–water partition coefficient (Wildman–Crippen LogP) is 6.42. The second-order valence-corrected chi connectivity index (χ2v) is 8.91. The molecular formula is C29H30FN3O2. The van der Waals surface area contributed by atoms with Crippen molar-refractivity contribution in [1.29, 1.82) is 0 Å². The van der Waals surface area contributed by atoms with Crippen LogP contribution < -0.4 is 9.47 Å². The van der Waals surface area contributed by atoms with Gasteiger partial charge in [0, 0.05) is 31.7 Å². The van der Waals surface area contributed by atoms with E-state index in [0.29, 0.717) is 0 Å². The predicted molar refractivity (Wildman–Crippen MR) is 134 cm³/mol. The highest BCUT2D eigenvalue weighted by atomic mass is 19.1. The second kappa shape index (κ2) is 10.7. The van der Waals surface area contributed by atoms with E-state index in [1.54, 1.807) is 12.1 Å². The lowest BCUT2D eigenvalue weighted by Gasteiger charge is -2.24. The van der Waals surface area contributed by atoms with Crippen LogP contribution in [0.4, 0.5) is 4.39 Å². The van der Waals surface area contributed by atoms with Gasteiger partial charge in [0.05, 0.1) is 11.9 Å². The van der Waals surface area contributed by atoms with Crippen LogP contribution in [0.2, 0.25) is 0 Å². The Kier molecular flexibility index (Phi) is 7.09. The van der Waals surface area contributed by atoms with Crippen LogP contribution in [0.5, 0.6) is 11.5 Å². The molecule has 0 bridgehead atoms. The van der Waals surface area contributed by atoms with E-state index in [2.05, 4.69) is 52.8 Å². The molecule has 35 heavy (non-hydrogen) atoms. The molecule has 1 aromatic heterocycles. The topological polar surface area (TPSA) is 39.5 Å². The minimum absolute atomic E-state index is 0.248. The van der Waals surface area contributed by atoms with Crippen LogP contribution in [0, 0.1) is 5.82 Å². The van der Waals surface area contributed by atoms with Crippen LogP contribution in [0.1, 0.15) is 36.6 Å². The summed E-state index contributed by atoms with van der Waals surface area (Å²) >= 11 is 0. The molecule has 5 nitrogen and oxygen atoms in total. The van der Waals surface area contributed by atoms with E-state index in [1.807, 2.05) is 24.4 Å². The van der Waals surface area contributed by atoms with Crippen molar-refractivity contribution in [3.05, 3.63) is 102 Å². The lowest BCUT2D eigenvalue weighted by Crippen LogP contribution is -2.24. The smallest absolute Gasteiger partial charge is 0.231 e. The quantitative estimate of drug-likeness (QED) is 0.268. The summed E-state index contributed by atoms with van der Waals surface area (Å²) in [6.07, 6.45) is 4.05. The molecule has 0 unspecified atom stereocenters. The zero-order valence-corrected chi connectivity index (χ0v) is 20.0. The Morgan fingerprint density at radius 2 is 1.71 bits per heavy atom. The lowest BCUT2D eigenvalue weighted by molar-refractivity contribution is 0.174. The molecule has 0 aliphatic carbocycles.